The second-order valence-electron chi connectivity index (χ2n) is 9.61. The maximum absolute atomic E-state index is 13.1. The van der Waals surface area contributed by atoms with Crippen LogP contribution in [-0.4, -0.2) is 52.0 Å². The first-order chi connectivity index (χ1) is 18.7. The third-order valence-electron chi connectivity index (χ3n) is 6.88. The molecule has 0 bridgehead atoms. The van der Waals surface area contributed by atoms with E-state index in [1.807, 2.05) is 6.07 Å². The number of hydrogen-bond acceptors (Lipinski definition) is 7. The highest BCUT2D eigenvalue weighted by atomic mass is 19.4. The van der Waals surface area contributed by atoms with Gasteiger partial charge in [-0.15, -0.1) is 13.2 Å². The van der Waals surface area contributed by atoms with Gasteiger partial charge in [0.05, 0.1) is 25.0 Å². The summed E-state index contributed by atoms with van der Waals surface area (Å²) < 4.78 is 48.6. The number of carbonyl (C=O) groups excluding carboxylic acids is 1. The summed E-state index contributed by atoms with van der Waals surface area (Å²) in [5, 5.41) is 11.5. The summed E-state index contributed by atoms with van der Waals surface area (Å²) in [7, 11) is 0. The molecule has 2 aliphatic heterocycles. The molecule has 1 fully saturated rings. The zero-order valence-corrected chi connectivity index (χ0v) is 20.5. The maximum atomic E-state index is 13.1. The highest BCUT2D eigenvalue weighted by Crippen LogP contribution is 2.36. The number of carbonyl (C=O) groups is 1. The van der Waals surface area contributed by atoms with E-state index in [0.717, 1.165) is 11.1 Å². The lowest BCUT2D eigenvalue weighted by Gasteiger charge is -2.25. The smallest absolute Gasteiger partial charge is 0.406 e. The molecule has 0 unspecified atom stereocenters. The summed E-state index contributed by atoms with van der Waals surface area (Å²) in [6, 6.07) is 10.9. The van der Waals surface area contributed by atoms with Gasteiger partial charge in [0.25, 0.3) is 5.56 Å². The van der Waals surface area contributed by atoms with E-state index in [0.29, 0.717) is 60.6 Å². The number of rotatable bonds is 6. The molecule has 0 radical (unpaired) electrons. The van der Waals surface area contributed by atoms with Gasteiger partial charge in [0, 0.05) is 30.3 Å². The lowest BCUT2D eigenvalue weighted by Crippen LogP contribution is -2.32. The van der Waals surface area contributed by atoms with E-state index < -0.39 is 6.36 Å². The van der Waals surface area contributed by atoms with Crippen LogP contribution in [0.4, 0.5) is 24.7 Å². The van der Waals surface area contributed by atoms with Crippen molar-refractivity contribution in [1.82, 2.24) is 20.0 Å². The number of aromatic amines is 1. The predicted octanol–water partition coefficient (Wildman–Crippen LogP) is 3.05. The average molecular weight is 541 g/mol. The Labute approximate surface area is 219 Å². The number of nitrogen functional groups attached to an aromatic ring is 1. The summed E-state index contributed by atoms with van der Waals surface area (Å²) in [6.45, 7) is 2.12. The molecule has 13 heteroatoms. The van der Waals surface area contributed by atoms with Crippen LogP contribution in [0.5, 0.6) is 5.75 Å². The second kappa shape index (κ2) is 9.42. The van der Waals surface area contributed by atoms with Gasteiger partial charge in [-0.1, -0.05) is 18.2 Å². The topological polar surface area (TPSA) is 128 Å². The van der Waals surface area contributed by atoms with Crippen LogP contribution in [0.15, 0.2) is 47.3 Å². The summed E-state index contributed by atoms with van der Waals surface area (Å²) >= 11 is 0. The van der Waals surface area contributed by atoms with Gasteiger partial charge in [0.1, 0.15) is 17.0 Å². The molecule has 10 nitrogen and oxygen atoms in total. The van der Waals surface area contributed by atoms with Crippen LogP contribution in [0, 0.1) is 5.92 Å². The van der Waals surface area contributed by atoms with Gasteiger partial charge >= 0.3 is 6.36 Å². The normalized spacial score (nSPS) is 15.4. The number of alkyl halides is 3. The Hall–Kier alpha value is -4.39. The number of anilines is 2. The van der Waals surface area contributed by atoms with Crippen molar-refractivity contribution in [3.05, 3.63) is 63.9 Å². The van der Waals surface area contributed by atoms with Gasteiger partial charge in [-0.05, 0) is 41.8 Å². The van der Waals surface area contributed by atoms with Crippen molar-refractivity contribution in [3.8, 4) is 17.0 Å². The zero-order valence-electron chi connectivity index (χ0n) is 20.5. The molecule has 2 aromatic carbocycles. The fourth-order valence-corrected chi connectivity index (χ4v) is 5.05. The van der Waals surface area contributed by atoms with Crippen LogP contribution in [0.25, 0.3) is 22.2 Å². The number of amides is 1. The largest absolute Gasteiger partial charge is 0.573 e. The Bertz CT molecular complexity index is 1640. The van der Waals surface area contributed by atoms with Gasteiger partial charge in [-0.2, -0.15) is 10.2 Å². The number of benzene rings is 2. The number of aromatic nitrogens is 4. The molecular weight excluding hydrogens is 517 g/mol. The van der Waals surface area contributed by atoms with E-state index in [1.165, 1.54) is 18.2 Å². The molecule has 0 spiro atoms. The summed E-state index contributed by atoms with van der Waals surface area (Å²) in [4.78, 5) is 27.4. The molecule has 0 atom stereocenters. The fraction of sp³-hybridized carbons (Fsp3) is 0.308. The second-order valence-corrected chi connectivity index (χ2v) is 9.61. The third-order valence-corrected chi connectivity index (χ3v) is 6.88. The fourth-order valence-electron chi connectivity index (χ4n) is 5.05. The number of nitrogens with zero attached hydrogens (tertiary/aromatic N) is 4. The first-order valence-electron chi connectivity index (χ1n) is 12.3. The number of ether oxygens (including phenoxy) is 2. The summed E-state index contributed by atoms with van der Waals surface area (Å²) in [6.07, 6.45) is -4.31. The van der Waals surface area contributed by atoms with Gasteiger partial charge in [0.15, 0.2) is 5.82 Å². The summed E-state index contributed by atoms with van der Waals surface area (Å²) in [5.74, 6) is -0.216. The molecule has 1 saturated heterocycles. The van der Waals surface area contributed by atoms with E-state index in [1.54, 1.807) is 27.8 Å². The van der Waals surface area contributed by atoms with Crippen LogP contribution >= 0.6 is 0 Å². The minimum Gasteiger partial charge on any atom is -0.406 e. The van der Waals surface area contributed by atoms with Crippen molar-refractivity contribution < 1.29 is 27.4 Å². The SMILES string of the molecule is Nc1n[nH]c(=O)c2c1c(-c1ccc3c(c1)CCN3C(=O)Cc1cccc(OC(F)(F)F)c1)nn2CC1COC1. The monoisotopic (exact) mass is 540 g/mol. The molecule has 1 amide bonds. The van der Waals surface area contributed by atoms with Crippen LogP contribution < -0.4 is 20.9 Å². The standard InChI is InChI=1S/C26H23F3N6O4/c27-26(28,29)39-18-3-1-2-14(8-18)9-20(36)34-7-6-16-10-17(4-5-19(16)34)22-21-23(25(37)32-31-24(21)30)35(33-22)11-15-12-38-13-15/h1-5,8,10,15H,6-7,9,11-13H2,(H2,30,31)(H,32,37). The van der Waals surface area contributed by atoms with Gasteiger partial charge in [0.2, 0.25) is 5.91 Å². The third kappa shape index (κ3) is 4.80. The van der Waals surface area contributed by atoms with Gasteiger partial charge in [-0.25, -0.2) is 5.10 Å². The molecule has 2 aromatic heterocycles. The molecule has 4 heterocycles. The molecule has 4 aromatic rings. The molecule has 0 aliphatic carbocycles. The molecule has 0 saturated carbocycles. The van der Waals surface area contributed by atoms with Crippen molar-refractivity contribution in [2.45, 2.75) is 25.7 Å². The van der Waals surface area contributed by atoms with Crippen molar-refractivity contribution in [2.24, 2.45) is 5.92 Å². The Morgan fingerprint density at radius 2 is 2.03 bits per heavy atom. The van der Waals surface area contributed by atoms with Crippen molar-refractivity contribution in [3.63, 3.8) is 0 Å². The number of hydrogen-bond donors (Lipinski definition) is 2. The Morgan fingerprint density at radius 1 is 1.21 bits per heavy atom. The number of nitrogens with one attached hydrogen (secondary N) is 1. The Morgan fingerprint density at radius 3 is 2.77 bits per heavy atom. The molecule has 202 valence electrons. The van der Waals surface area contributed by atoms with E-state index >= 15 is 0 Å². The number of H-pyrrole nitrogens is 1. The van der Waals surface area contributed by atoms with Crippen LogP contribution in [0.2, 0.25) is 0 Å². The summed E-state index contributed by atoms with van der Waals surface area (Å²) in [5.41, 5.74) is 9.40. The van der Waals surface area contributed by atoms with E-state index in [9.17, 15) is 22.8 Å². The quantitative estimate of drug-likeness (QED) is 0.385. The average Bonchev–Trinajstić information content (AvgIpc) is 3.45. The number of fused-ring (bicyclic) bond motifs is 2. The van der Waals surface area contributed by atoms with Crippen LogP contribution in [0.1, 0.15) is 11.1 Å². The zero-order chi connectivity index (χ0) is 27.3. The van der Waals surface area contributed by atoms with E-state index in [-0.39, 0.29) is 35.4 Å². The Balaban J connectivity index is 1.28. The highest BCUT2D eigenvalue weighted by molar-refractivity contribution is 6.01. The number of halogens is 3. The minimum absolute atomic E-state index is 0.0822. The lowest BCUT2D eigenvalue weighted by atomic mass is 10.0. The molecular formula is C26H23F3N6O4. The van der Waals surface area contributed by atoms with Gasteiger partial charge in [-0.3, -0.25) is 14.3 Å². The molecule has 2 aliphatic rings. The number of nitrogens with two attached hydrogens (primary N) is 1. The first-order valence-corrected chi connectivity index (χ1v) is 12.3. The molecule has 6 rings (SSSR count). The minimum atomic E-state index is -4.81. The van der Waals surface area contributed by atoms with Crippen molar-refractivity contribution >= 4 is 28.3 Å². The first kappa shape index (κ1) is 24.9. The van der Waals surface area contributed by atoms with Crippen molar-refractivity contribution in [2.75, 3.05) is 30.4 Å². The maximum Gasteiger partial charge on any atom is 0.573 e. The van der Waals surface area contributed by atoms with E-state index in [2.05, 4.69) is 14.9 Å². The predicted molar refractivity (Wildman–Crippen MR) is 135 cm³/mol. The van der Waals surface area contributed by atoms with Gasteiger partial charge < -0.3 is 20.1 Å². The van der Waals surface area contributed by atoms with Crippen LogP contribution in [-0.2, 0) is 28.9 Å². The van der Waals surface area contributed by atoms with Crippen LogP contribution in [0.3, 0.4) is 0 Å². The van der Waals surface area contributed by atoms with E-state index in [4.69, 9.17) is 15.6 Å². The molecule has 3 N–H and O–H groups in total. The highest BCUT2D eigenvalue weighted by Gasteiger charge is 2.32. The molecule has 39 heavy (non-hydrogen) atoms. The Kier molecular flexibility index (Phi) is 6.02. The lowest BCUT2D eigenvalue weighted by molar-refractivity contribution is -0.274. The van der Waals surface area contributed by atoms with Crippen molar-refractivity contribution in [1.29, 1.82) is 0 Å².